The van der Waals surface area contributed by atoms with Crippen LogP contribution in [-0.4, -0.2) is 25.4 Å². The molecule has 0 aliphatic rings. The summed E-state index contributed by atoms with van der Waals surface area (Å²) in [6, 6.07) is 0. The fourth-order valence-corrected chi connectivity index (χ4v) is 0.331. The van der Waals surface area contributed by atoms with Crippen LogP contribution in [0.4, 0.5) is 8.78 Å². The van der Waals surface area contributed by atoms with Gasteiger partial charge in [-0.2, -0.15) is 0 Å². The summed E-state index contributed by atoms with van der Waals surface area (Å²) in [5.41, 5.74) is 0. The van der Waals surface area contributed by atoms with E-state index in [2.05, 4.69) is 5.92 Å². The highest BCUT2D eigenvalue weighted by molar-refractivity contribution is 5.97. The van der Waals surface area contributed by atoms with E-state index in [9.17, 15) is 13.6 Å². The van der Waals surface area contributed by atoms with E-state index >= 15 is 0 Å². The molecule has 0 heterocycles. The van der Waals surface area contributed by atoms with E-state index in [1.807, 2.05) is 0 Å². The highest BCUT2D eigenvalue weighted by atomic mass is 19.3. The number of carbonyl (C=O) groups excluding carboxylic acids is 1. The molecular weight excluding hydrogens is 154 g/mol. The number of halogens is 2. The molecule has 0 fully saturated rings. The molecule has 0 aromatic heterocycles. The topological polar surface area (TPSA) is 26.3 Å². The third-order valence-corrected chi connectivity index (χ3v) is 0.788. The predicted octanol–water partition coefficient (Wildman–Crippen LogP) is 0.861. The van der Waals surface area contributed by atoms with Crippen LogP contribution < -0.4 is 0 Å². The lowest BCUT2D eigenvalue weighted by Crippen LogP contribution is -2.06. The normalized spacial score (nSPS) is 9.09. The summed E-state index contributed by atoms with van der Waals surface area (Å²) in [4.78, 5) is 10.1. The number of ether oxygens (including phenoxy) is 1. The Morgan fingerprint density at radius 2 is 2.27 bits per heavy atom. The third kappa shape index (κ3) is 5.49. The maximum absolute atomic E-state index is 11.4. The zero-order valence-electron chi connectivity index (χ0n) is 6.06. The fraction of sp³-hybridized carbons (Fsp3) is 0.571. The van der Waals surface area contributed by atoms with Crippen LogP contribution in [0.3, 0.4) is 0 Å². The van der Waals surface area contributed by atoms with Crippen LogP contribution in [0, 0.1) is 11.8 Å². The summed E-state index contributed by atoms with van der Waals surface area (Å²) >= 11 is 0. The zero-order valence-corrected chi connectivity index (χ0v) is 6.06. The monoisotopic (exact) mass is 162 g/mol. The summed E-state index contributed by atoms with van der Waals surface area (Å²) in [6.45, 7) is 2.23. The van der Waals surface area contributed by atoms with Crippen molar-refractivity contribution in [2.75, 3.05) is 13.2 Å². The van der Waals surface area contributed by atoms with Gasteiger partial charge in [0.25, 0.3) is 5.78 Å². The third-order valence-electron chi connectivity index (χ3n) is 0.788. The first-order valence-corrected chi connectivity index (χ1v) is 3.07. The number of hydrogen-bond acceptors (Lipinski definition) is 2. The van der Waals surface area contributed by atoms with Gasteiger partial charge >= 0.3 is 6.43 Å². The molecule has 0 aromatic rings. The molecule has 0 saturated heterocycles. The van der Waals surface area contributed by atoms with Crippen LogP contribution in [0.5, 0.6) is 0 Å². The second kappa shape index (κ2) is 5.81. The number of carbonyl (C=O) groups is 1. The summed E-state index contributed by atoms with van der Waals surface area (Å²) in [5, 5.41) is 0. The first-order chi connectivity index (χ1) is 5.18. The SMILES string of the molecule is CCOCC#CC(=O)C(F)F. The lowest BCUT2D eigenvalue weighted by atomic mass is 10.4. The van der Waals surface area contributed by atoms with Crippen molar-refractivity contribution in [2.45, 2.75) is 13.3 Å². The molecule has 0 bridgehead atoms. The lowest BCUT2D eigenvalue weighted by molar-refractivity contribution is -0.123. The number of alkyl halides is 2. The molecule has 2 nitrogen and oxygen atoms in total. The Bertz CT molecular complexity index is 179. The summed E-state index contributed by atoms with van der Waals surface area (Å²) in [6.07, 6.45) is -3.00. The van der Waals surface area contributed by atoms with Gasteiger partial charge in [-0.25, -0.2) is 8.78 Å². The van der Waals surface area contributed by atoms with Crippen molar-refractivity contribution in [3.63, 3.8) is 0 Å². The molecule has 0 aliphatic carbocycles. The van der Waals surface area contributed by atoms with Gasteiger partial charge in [0.1, 0.15) is 6.61 Å². The van der Waals surface area contributed by atoms with Gasteiger partial charge in [-0.05, 0) is 12.8 Å². The van der Waals surface area contributed by atoms with Crippen LogP contribution in [-0.2, 0) is 9.53 Å². The Kier molecular flexibility index (Phi) is 5.30. The molecule has 0 radical (unpaired) electrons. The van der Waals surface area contributed by atoms with Crippen LogP contribution in [0.25, 0.3) is 0 Å². The van der Waals surface area contributed by atoms with E-state index in [4.69, 9.17) is 4.74 Å². The zero-order chi connectivity index (χ0) is 8.69. The van der Waals surface area contributed by atoms with Gasteiger partial charge < -0.3 is 4.74 Å². The number of hydrogen-bond donors (Lipinski definition) is 0. The molecule has 0 aromatic carbocycles. The van der Waals surface area contributed by atoms with Crippen LogP contribution in [0.1, 0.15) is 6.92 Å². The standard InChI is InChI=1S/C7H8F2O2/c1-2-11-5-3-4-6(10)7(8)9/h7H,2,5H2,1H3. The van der Waals surface area contributed by atoms with Gasteiger partial charge in [0.2, 0.25) is 0 Å². The van der Waals surface area contributed by atoms with E-state index in [1.54, 1.807) is 12.8 Å². The van der Waals surface area contributed by atoms with E-state index in [-0.39, 0.29) is 6.61 Å². The molecule has 0 rings (SSSR count). The molecule has 0 saturated carbocycles. The minimum atomic E-state index is -3.00. The fourth-order valence-electron chi connectivity index (χ4n) is 0.331. The number of Topliss-reactive ketones (excluding diaryl/α,β-unsaturated/α-hetero) is 1. The van der Waals surface area contributed by atoms with E-state index in [0.717, 1.165) is 0 Å². The minimum absolute atomic E-state index is 0.0228. The van der Waals surface area contributed by atoms with Crippen molar-refractivity contribution in [1.29, 1.82) is 0 Å². The minimum Gasteiger partial charge on any atom is -0.369 e. The van der Waals surface area contributed by atoms with Crippen molar-refractivity contribution in [3.8, 4) is 11.8 Å². The second-order valence-corrected chi connectivity index (χ2v) is 1.60. The smallest absolute Gasteiger partial charge is 0.308 e. The van der Waals surface area contributed by atoms with Crippen molar-refractivity contribution in [3.05, 3.63) is 0 Å². The molecule has 0 amide bonds. The van der Waals surface area contributed by atoms with Crippen molar-refractivity contribution < 1.29 is 18.3 Å². The molecular formula is C7H8F2O2. The Labute approximate surface area is 63.5 Å². The average molecular weight is 162 g/mol. The van der Waals surface area contributed by atoms with Gasteiger partial charge in [0.05, 0.1) is 0 Å². The molecule has 0 atom stereocenters. The molecule has 0 unspecified atom stereocenters. The number of rotatable bonds is 3. The molecule has 0 N–H and O–H groups in total. The highest BCUT2D eigenvalue weighted by Crippen LogP contribution is 1.91. The van der Waals surface area contributed by atoms with Gasteiger partial charge in [-0.1, -0.05) is 5.92 Å². The van der Waals surface area contributed by atoms with Gasteiger partial charge in [-0.3, -0.25) is 4.79 Å². The van der Waals surface area contributed by atoms with Gasteiger partial charge in [0, 0.05) is 6.61 Å². The lowest BCUT2D eigenvalue weighted by Gasteiger charge is -1.89. The first-order valence-electron chi connectivity index (χ1n) is 3.07. The summed E-state index contributed by atoms with van der Waals surface area (Å²) in [5.74, 6) is 2.56. The van der Waals surface area contributed by atoms with E-state index < -0.39 is 12.2 Å². The second-order valence-electron chi connectivity index (χ2n) is 1.60. The molecule has 0 spiro atoms. The van der Waals surface area contributed by atoms with Crippen molar-refractivity contribution in [2.24, 2.45) is 0 Å². The number of ketones is 1. The van der Waals surface area contributed by atoms with Gasteiger partial charge in [0.15, 0.2) is 0 Å². The Morgan fingerprint density at radius 1 is 1.64 bits per heavy atom. The van der Waals surface area contributed by atoms with E-state index in [0.29, 0.717) is 6.61 Å². The van der Waals surface area contributed by atoms with Crippen molar-refractivity contribution in [1.82, 2.24) is 0 Å². The molecule has 0 aliphatic heterocycles. The molecule has 62 valence electrons. The maximum atomic E-state index is 11.4. The Morgan fingerprint density at radius 3 is 2.73 bits per heavy atom. The first kappa shape index (κ1) is 10.0. The van der Waals surface area contributed by atoms with Gasteiger partial charge in [-0.15, -0.1) is 0 Å². The summed E-state index contributed by atoms with van der Waals surface area (Å²) < 4.78 is 27.6. The Balaban J connectivity index is 3.60. The van der Waals surface area contributed by atoms with Crippen molar-refractivity contribution >= 4 is 5.78 Å². The highest BCUT2D eigenvalue weighted by Gasteiger charge is 2.10. The van der Waals surface area contributed by atoms with Crippen LogP contribution >= 0.6 is 0 Å². The van der Waals surface area contributed by atoms with Crippen LogP contribution in [0.15, 0.2) is 0 Å². The van der Waals surface area contributed by atoms with Crippen LogP contribution in [0.2, 0.25) is 0 Å². The quantitative estimate of drug-likeness (QED) is 0.349. The summed E-state index contributed by atoms with van der Waals surface area (Å²) in [7, 11) is 0. The average Bonchev–Trinajstić information content (AvgIpc) is 1.97. The largest absolute Gasteiger partial charge is 0.369 e. The molecule has 4 heteroatoms. The molecule has 11 heavy (non-hydrogen) atoms. The Hall–Kier alpha value is -0.950. The maximum Gasteiger partial charge on any atom is 0.308 e. The predicted molar refractivity (Wildman–Crippen MR) is 35.3 cm³/mol. The van der Waals surface area contributed by atoms with E-state index in [1.165, 1.54) is 0 Å².